The van der Waals surface area contributed by atoms with Crippen molar-refractivity contribution in [3.05, 3.63) is 102 Å². The van der Waals surface area contributed by atoms with Crippen LogP contribution < -0.4 is 4.74 Å². The molecule has 7 heteroatoms. The summed E-state index contributed by atoms with van der Waals surface area (Å²) in [5, 5.41) is -0.341. The molecule has 1 unspecified atom stereocenters. The van der Waals surface area contributed by atoms with Crippen LogP contribution in [-0.4, -0.2) is 29.5 Å². The number of rotatable bonds is 7. The van der Waals surface area contributed by atoms with Gasteiger partial charge in [-0.25, -0.2) is 0 Å². The lowest BCUT2D eigenvalue weighted by atomic mass is 9.88. The fraction of sp³-hybridized carbons (Fsp3) is 0.240. The summed E-state index contributed by atoms with van der Waals surface area (Å²) in [6, 6.07) is 26.1. The molecule has 1 atom stereocenters. The summed E-state index contributed by atoms with van der Waals surface area (Å²) in [6.07, 6.45) is -4.05. The number of ether oxygens (including phenoxy) is 1. The fourth-order valence-corrected chi connectivity index (χ4v) is 5.21. The number of carbonyl (C=O) groups excluding carboxylic acids is 1. The number of amides is 1. The first-order valence-electron chi connectivity index (χ1n) is 10.3. The third-order valence-corrected chi connectivity index (χ3v) is 6.66. The van der Waals surface area contributed by atoms with Crippen molar-refractivity contribution in [1.29, 1.82) is 0 Å². The second kappa shape index (κ2) is 9.69. The van der Waals surface area contributed by atoms with Gasteiger partial charge in [0.15, 0.2) is 0 Å². The quantitative estimate of drug-likeness (QED) is 0.412. The van der Waals surface area contributed by atoms with Gasteiger partial charge in [-0.05, 0) is 35.2 Å². The van der Waals surface area contributed by atoms with Crippen LogP contribution in [0.4, 0.5) is 13.2 Å². The lowest BCUT2D eigenvalue weighted by molar-refractivity contribution is -0.274. The van der Waals surface area contributed by atoms with Crippen LogP contribution in [0.2, 0.25) is 0 Å². The molecule has 0 saturated carbocycles. The van der Waals surface area contributed by atoms with Gasteiger partial charge in [0.25, 0.3) is 0 Å². The monoisotopic (exact) mass is 457 g/mol. The van der Waals surface area contributed by atoms with Crippen molar-refractivity contribution in [1.82, 2.24) is 4.90 Å². The van der Waals surface area contributed by atoms with Crippen LogP contribution in [-0.2, 0) is 4.79 Å². The molecule has 0 aromatic heterocycles. The van der Waals surface area contributed by atoms with Crippen LogP contribution in [0.25, 0.3) is 0 Å². The van der Waals surface area contributed by atoms with E-state index in [1.165, 1.54) is 30.0 Å². The summed E-state index contributed by atoms with van der Waals surface area (Å²) >= 11 is 1.42. The van der Waals surface area contributed by atoms with Crippen LogP contribution in [0.5, 0.6) is 5.75 Å². The number of carbonyl (C=O) groups is 1. The molecule has 32 heavy (non-hydrogen) atoms. The topological polar surface area (TPSA) is 29.5 Å². The van der Waals surface area contributed by atoms with Crippen molar-refractivity contribution >= 4 is 17.7 Å². The zero-order valence-corrected chi connectivity index (χ0v) is 18.0. The molecule has 0 bridgehead atoms. The molecule has 166 valence electrons. The summed E-state index contributed by atoms with van der Waals surface area (Å²) in [5.74, 6) is 0.121. The number of nitrogens with zero attached hydrogens (tertiary/aromatic N) is 1. The summed E-state index contributed by atoms with van der Waals surface area (Å²) in [6.45, 7) is 0.495. The molecule has 1 aliphatic heterocycles. The number of hydrogen-bond acceptors (Lipinski definition) is 3. The zero-order valence-electron chi connectivity index (χ0n) is 17.2. The molecular weight excluding hydrogens is 435 g/mol. The van der Waals surface area contributed by atoms with E-state index in [4.69, 9.17) is 0 Å². The van der Waals surface area contributed by atoms with Gasteiger partial charge in [0.05, 0.1) is 5.75 Å². The first kappa shape index (κ1) is 22.3. The zero-order chi connectivity index (χ0) is 22.6. The SMILES string of the molecule is O=C1CSC(c2cccc(OC(F)(F)F)c2)N1CCC(c1ccccc1)c1ccccc1. The van der Waals surface area contributed by atoms with Crippen LogP contribution in [0, 0.1) is 0 Å². The third-order valence-electron chi connectivity index (χ3n) is 5.41. The second-order valence-corrected chi connectivity index (χ2v) is 8.60. The minimum Gasteiger partial charge on any atom is -0.406 e. The van der Waals surface area contributed by atoms with Crippen LogP contribution >= 0.6 is 11.8 Å². The second-order valence-electron chi connectivity index (χ2n) is 7.53. The average Bonchev–Trinajstić information content (AvgIpc) is 3.15. The van der Waals surface area contributed by atoms with Crippen molar-refractivity contribution in [3.8, 4) is 5.75 Å². The van der Waals surface area contributed by atoms with Crippen molar-refractivity contribution in [2.24, 2.45) is 0 Å². The van der Waals surface area contributed by atoms with Crippen LogP contribution in [0.1, 0.15) is 34.4 Å². The lowest BCUT2D eigenvalue weighted by Gasteiger charge is -2.27. The van der Waals surface area contributed by atoms with Gasteiger partial charge in [0.1, 0.15) is 11.1 Å². The van der Waals surface area contributed by atoms with Crippen LogP contribution in [0.15, 0.2) is 84.9 Å². The Morgan fingerprint density at radius 2 is 1.56 bits per heavy atom. The highest BCUT2D eigenvalue weighted by Crippen LogP contribution is 2.41. The van der Waals surface area contributed by atoms with Crippen LogP contribution in [0.3, 0.4) is 0 Å². The summed E-state index contributed by atoms with van der Waals surface area (Å²) in [4.78, 5) is 14.4. The van der Waals surface area contributed by atoms with Gasteiger partial charge >= 0.3 is 6.36 Å². The Morgan fingerprint density at radius 3 is 2.16 bits per heavy atom. The first-order chi connectivity index (χ1) is 15.4. The molecule has 3 nitrogen and oxygen atoms in total. The minimum absolute atomic E-state index is 0.0120. The van der Waals surface area contributed by atoms with Crippen molar-refractivity contribution in [2.75, 3.05) is 12.3 Å². The number of hydrogen-bond donors (Lipinski definition) is 0. The molecule has 0 N–H and O–H groups in total. The Balaban J connectivity index is 1.54. The molecule has 3 aromatic rings. The Morgan fingerprint density at radius 1 is 0.938 bits per heavy atom. The number of halogens is 3. The molecule has 1 amide bonds. The molecule has 4 rings (SSSR count). The molecule has 1 aliphatic rings. The maximum Gasteiger partial charge on any atom is 0.573 e. The van der Waals surface area contributed by atoms with Gasteiger partial charge in [0.2, 0.25) is 5.91 Å². The third kappa shape index (κ3) is 5.46. The van der Waals surface area contributed by atoms with E-state index in [-0.39, 0.29) is 22.9 Å². The first-order valence-corrected chi connectivity index (χ1v) is 11.3. The molecule has 1 heterocycles. The standard InChI is InChI=1S/C25H22F3NO2S/c26-25(27,28)31-21-13-7-12-20(16-21)24-29(23(30)17-32-24)15-14-22(18-8-3-1-4-9-18)19-10-5-2-6-11-19/h1-13,16,22,24H,14-15,17H2. The van der Waals surface area contributed by atoms with Gasteiger partial charge in [-0.15, -0.1) is 24.9 Å². The van der Waals surface area contributed by atoms with Gasteiger partial charge in [-0.2, -0.15) is 0 Å². The van der Waals surface area contributed by atoms with Gasteiger partial charge < -0.3 is 9.64 Å². The van der Waals surface area contributed by atoms with E-state index in [9.17, 15) is 18.0 Å². The molecule has 1 fully saturated rings. The molecule has 0 radical (unpaired) electrons. The van der Waals surface area contributed by atoms with Crippen molar-refractivity contribution in [2.45, 2.75) is 24.1 Å². The highest BCUT2D eigenvalue weighted by Gasteiger charge is 2.35. The molecule has 0 spiro atoms. The number of alkyl halides is 3. The van der Waals surface area contributed by atoms with Crippen molar-refractivity contribution in [3.63, 3.8) is 0 Å². The fourth-order valence-electron chi connectivity index (χ4n) is 4.00. The maximum atomic E-state index is 12.7. The summed E-state index contributed by atoms with van der Waals surface area (Å²) in [5.41, 5.74) is 2.95. The van der Waals surface area contributed by atoms with E-state index in [1.54, 1.807) is 11.0 Å². The smallest absolute Gasteiger partial charge is 0.406 e. The van der Waals surface area contributed by atoms with E-state index in [0.29, 0.717) is 24.3 Å². The Labute approximate surface area is 189 Å². The van der Waals surface area contributed by atoms with E-state index < -0.39 is 6.36 Å². The van der Waals surface area contributed by atoms with Gasteiger partial charge in [-0.1, -0.05) is 72.8 Å². The average molecular weight is 458 g/mol. The maximum absolute atomic E-state index is 12.7. The largest absolute Gasteiger partial charge is 0.573 e. The summed E-state index contributed by atoms with van der Waals surface area (Å²) < 4.78 is 42.0. The lowest BCUT2D eigenvalue weighted by Crippen LogP contribution is -2.30. The molecule has 3 aromatic carbocycles. The molecule has 1 saturated heterocycles. The Kier molecular flexibility index (Phi) is 6.74. The minimum atomic E-state index is -4.75. The van der Waals surface area contributed by atoms with E-state index in [0.717, 1.165) is 11.1 Å². The Bertz CT molecular complexity index is 1000. The normalized spacial score (nSPS) is 16.6. The molecular formula is C25H22F3NO2S. The predicted octanol–water partition coefficient (Wildman–Crippen LogP) is 6.38. The number of benzene rings is 3. The Hall–Kier alpha value is -2.93. The molecule has 0 aliphatic carbocycles. The van der Waals surface area contributed by atoms with Gasteiger partial charge in [0, 0.05) is 12.5 Å². The van der Waals surface area contributed by atoms with E-state index in [1.807, 2.05) is 36.4 Å². The van der Waals surface area contributed by atoms with E-state index >= 15 is 0 Å². The highest BCUT2D eigenvalue weighted by molar-refractivity contribution is 8.00. The summed E-state index contributed by atoms with van der Waals surface area (Å²) in [7, 11) is 0. The van der Waals surface area contributed by atoms with E-state index in [2.05, 4.69) is 29.0 Å². The van der Waals surface area contributed by atoms with Crippen molar-refractivity contribution < 1.29 is 22.7 Å². The predicted molar refractivity (Wildman–Crippen MR) is 119 cm³/mol. The highest BCUT2D eigenvalue weighted by atomic mass is 32.2. The van der Waals surface area contributed by atoms with Gasteiger partial charge in [-0.3, -0.25) is 4.79 Å². The number of thioether (sulfide) groups is 1.